The molecule has 0 aliphatic rings. The highest BCUT2D eigenvalue weighted by molar-refractivity contribution is 6.30. The molecular formula is C22H21ClN4O3. The number of nitrogens with zero attached hydrogens (tertiary/aromatic N) is 4. The first-order chi connectivity index (χ1) is 14.3. The van der Waals surface area contributed by atoms with Crippen LogP contribution in [-0.4, -0.2) is 18.9 Å². The minimum atomic E-state index is -0.444. The molecule has 0 saturated carbocycles. The van der Waals surface area contributed by atoms with Gasteiger partial charge in [0.25, 0.3) is 11.4 Å². The van der Waals surface area contributed by atoms with Gasteiger partial charge in [-0.15, -0.1) is 5.10 Å². The molecule has 30 heavy (non-hydrogen) atoms. The van der Waals surface area contributed by atoms with E-state index in [0.717, 1.165) is 21.3 Å². The van der Waals surface area contributed by atoms with Crippen LogP contribution in [0.15, 0.2) is 52.1 Å². The molecule has 8 heteroatoms. The topological polar surface area (TPSA) is 71.1 Å². The van der Waals surface area contributed by atoms with Crippen LogP contribution in [0.25, 0.3) is 11.0 Å². The van der Waals surface area contributed by atoms with E-state index in [1.165, 1.54) is 11.6 Å². The van der Waals surface area contributed by atoms with E-state index in [4.69, 9.17) is 16.3 Å². The summed E-state index contributed by atoms with van der Waals surface area (Å²) in [5.41, 5.74) is 2.60. The highest BCUT2D eigenvalue weighted by Crippen LogP contribution is 2.30. The molecular weight excluding hydrogens is 404 g/mol. The quantitative estimate of drug-likeness (QED) is 0.502. The number of halogens is 1. The first-order valence-electron chi connectivity index (χ1n) is 9.42. The van der Waals surface area contributed by atoms with E-state index in [1.807, 2.05) is 50.2 Å². The molecule has 0 unspecified atom stereocenters. The average Bonchev–Trinajstić information content (AvgIpc) is 3.05. The lowest BCUT2D eigenvalue weighted by molar-refractivity contribution is 0.450. The summed E-state index contributed by atoms with van der Waals surface area (Å²) in [6.45, 7) is 4.20. The van der Waals surface area contributed by atoms with Crippen molar-refractivity contribution in [1.29, 1.82) is 0 Å². The van der Waals surface area contributed by atoms with Crippen LogP contribution >= 0.6 is 11.6 Å². The molecule has 0 atom stereocenters. The number of hydrogen-bond acceptors (Lipinski definition) is 4. The number of ether oxygens (including phenoxy) is 1. The van der Waals surface area contributed by atoms with Gasteiger partial charge < -0.3 is 4.74 Å². The third-order valence-corrected chi connectivity index (χ3v) is 5.32. The lowest BCUT2D eigenvalue weighted by atomic mass is 10.1. The van der Waals surface area contributed by atoms with Crippen molar-refractivity contribution in [3.63, 3.8) is 0 Å². The van der Waals surface area contributed by atoms with Gasteiger partial charge in [0.2, 0.25) is 0 Å². The standard InChI is InChI=1S/C22H21ClN4O3/c1-13-8-9-14(2)17(10-13)30-20-18-19(21(28)26(4)22(29)25(18)3)27(24-20)12-15-6-5-7-16(23)11-15/h5-11H,12H2,1-4H3. The van der Waals surface area contributed by atoms with Gasteiger partial charge in [-0.1, -0.05) is 35.9 Å². The van der Waals surface area contributed by atoms with Crippen molar-refractivity contribution in [1.82, 2.24) is 18.9 Å². The molecule has 7 nitrogen and oxygen atoms in total. The Morgan fingerprint density at radius 3 is 2.50 bits per heavy atom. The minimum absolute atomic E-state index is 0.207. The summed E-state index contributed by atoms with van der Waals surface area (Å²) in [7, 11) is 3.05. The molecule has 0 fully saturated rings. The molecule has 2 aromatic heterocycles. The summed E-state index contributed by atoms with van der Waals surface area (Å²) in [5, 5.41) is 5.16. The summed E-state index contributed by atoms with van der Waals surface area (Å²) in [6.07, 6.45) is 0. The largest absolute Gasteiger partial charge is 0.436 e. The van der Waals surface area contributed by atoms with Crippen molar-refractivity contribution >= 4 is 22.6 Å². The molecule has 0 radical (unpaired) electrons. The van der Waals surface area contributed by atoms with E-state index in [1.54, 1.807) is 17.8 Å². The highest BCUT2D eigenvalue weighted by atomic mass is 35.5. The van der Waals surface area contributed by atoms with Crippen LogP contribution in [0.1, 0.15) is 16.7 Å². The van der Waals surface area contributed by atoms with Crippen molar-refractivity contribution in [2.24, 2.45) is 14.1 Å². The fraction of sp³-hybridized carbons (Fsp3) is 0.227. The van der Waals surface area contributed by atoms with Crippen LogP contribution in [0.5, 0.6) is 11.6 Å². The average molecular weight is 425 g/mol. The normalized spacial score (nSPS) is 11.2. The van der Waals surface area contributed by atoms with Crippen molar-refractivity contribution in [2.75, 3.05) is 0 Å². The summed E-state index contributed by atoms with van der Waals surface area (Å²) in [4.78, 5) is 25.5. The van der Waals surface area contributed by atoms with Crippen LogP contribution in [0.4, 0.5) is 0 Å². The molecule has 0 N–H and O–H groups in total. The molecule has 2 heterocycles. The van der Waals surface area contributed by atoms with Crippen LogP contribution in [-0.2, 0) is 20.6 Å². The molecule has 0 aliphatic heterocycles. The van der Waals surface area contributed by atoms with E-state index < -0.39 is 11.2 Å². The maximum atomic E-state index is 13.0. The molecule has 4 aromatic rings. The second-order valence-electron chi connectivity index (χ2n) is 7.37. The van der Waals surface area contributed by atoms with Gasteiger partial charge >= 0.3 is 5.69 Å². The first-order valence-corrected chi connectivity index (χ1v) is 9.80. The van der Waals surface area contributed by atoms with E-state index in [9.17, 15) is 9.59 Å². The predicted molar refractivity (Wildman–Crippen MR) is 117 cm³/mol. The number of fused-ring (bicyclic) bond motifs is 1. The fourth-order valence-electron chi connectivity index (χ4n) is 3.42. The van der Waals surface area contributed by atoms with Crippen LogP contribution in [0.3, 0.4) is 0 Å². The second kappa shape index (κ2) is 7.50. The van der Waals surface area contributed by atoms with E-state index in [2.05, 4.69) is 5.10 Å². The summed E-state index contributed by atoms with van der Waals surface area (Å²) in [6, 6.07) is 13.2. The molecule has 0 amide bonds. The number of aromatic nitrogens is 4. The zero-order valence-corrected chi connectivity index (χ0v) is 17.9. The molecule has 0 spiro atoms. The van der Waals surface area contributed by atoms with E-state index in [0.29, 0.717) is 28.4 Å². The lowest BCUT2D eigenvalue weighted by Crippen LogP contribution is -2.37. The Kier molecular flexibility index (Phi) is 4.99. The Morgan fingerprint density at radius 2 is 1.77 bits per heavy atom. The molecule has 0 aliphatic carbocycles. The smallest absolute Gasteiger partial charge is 0.331 e. The highest BCUT2D eigenvalue weighted by Gasteiger charge is 2.22. The van der Waals surface area contributed by atoms with Crippen molar-refractivity contribution in [3.05, 3.63) is 85.0 Å². The Bertz CT molecular complexity index is 1400. The van der Waals surface area contributed by atoms with Gasteiger partial charge in [-0.2, -0.15) is 0 Å². The summed E-state index contributed by atoms with van der Waals surface area (Å²) < 4.78 is 10.1. The van der Waals surface area contributed by atoms with Crippen LogP contribution in [0, 0.1) is 13.8 Å². The molecule has 2 aromatic carbocycles. The SMILES string of the molecule is Cc1ccc(C)c(Oc2nn(Cc3cccc(Cl)c3)c3c(=O)n(C)c(=O)n(C)c23)c1. The van der Waals surface area contributed by atoms with Gasteiger partial charge in [0, 0.05) is 19.1 Å². The maximum absolute atomic E-state index is 13.0. The Hall–Kier alpha value is -3.32. The Labute approximate surface area is 177 Å². The number of aryl methyl sites for hydroxylation is 3. The van der Waals surface area contributed by atoms with Crippen molar-refractivity contribution in [3.8, 4) is 11.6 Å². The maximum Gasteiger partial charge on any atom is 0.331 e. The zero-order valence-electron chi connectivity index (χ0n) is 17.1. The van der Waals surface area contributed by atoms with Gasteiger partial charge in [0.15, 0.2) is 5.52 Å². The molecule has 0 saturated heterocycles. The van der Waals surface area contributed by atoms with Gasteiger partial charge in [0.1, 0.15) is 11.3 Å². The Balaban J connectivity index is 1.95. The van der Waals surface area contributed by atoms with Gasteiger partial charge in [-0.05, 0) is 48.7 Å². The van der Waals surface area contributed by atoms with Crippen molar-refractivity contribution in [2.45, 2.75) is 20.4 Å². The fourth-order valence-corrected chi connectivity index (χ4v) is 3.64. The third kappa shape index (κ3) is 3.41. The van der Waals surface area contributed by atoms with Gasteiger partial charge in [-0.25, -0.2) is 9.48 Å². The lowest BCUT2D eigenvalue weighted by Gasteiger charge is -2.09. The molecule has 154 valence electrons. The van der Waals surface area contributed by atoms with Crippen LogP contribution < -0.4 is 16.0 Å². The van der Waals surface area contributed by atoms with Crippen LogP contribution in [0.2, 0.25) is 5.02 Å². The minimum Gasteiger partial charge on any atom is -0.436 e. The Morgan fingerprint density at radius 1 is 1.00 bits per heavy atom. The molecule has 0 bridgehead atoms. The van der Waals surface area contributed by atoms with Gasteiger partial charge in [-0.3, -0.25) is 13.9 Å². The summed E-state index contributed by atoms with van der Waals surface area (Å²) >= 11 is 6.11. The number of hydrogen-bond donors (Lipinski definition) is 0. The third-order valence-electron chi connectivity index (χ3n) is 5.08. The first kappa shape index (κ1) is 20.0. The van der Waals surface area contributed by atoms with E-state index >= 15 is 0 Å². The summed E-state index contributed by atoms with van der Waals surface area (Å²) in [5.74, 6) is 0.829. The molecule has 4 rings (SSSR count). The number of benzene rings is 2. The second-order valence-corrected chi connectivity index (χ2v) is 7.80. The predicted octanol–water partition coefficient (Wildman–Crippen LogP) is 3.54. The number of rotatable bonds is 4. The van der Waals surface area contributed by atoms with Crippen molar-refractivity contribution < 1.29 is 4.74 Å². The van der Waals surface area contributed by atoms with E-state index in [-0.39, 0.29) is 5.88 Å². The monoisotopic (exact) mass is 424 g/mol. The van der Waals surface area contributed by atoms with Gasteiger partial charge in [0.05, 0.1) is 6.54 Å². The zero-order chi connectivity index (χ0) is 21.6.